The third kappa shape index (κ3) is 3.49. The van der Waals surface area contributed by atoms with E-state index in [9.17, 15) is 9.90 Å². The van der Waals surface area contributed by atoms with Gasteiger partial charge in [0.15, 0.2) is 5.16 Å². The second-order valence-corrected chi connectivity index (χ2v) is 6.51. The van der Waals surface area contributed by atoms with Crippen molar-refractivity contribution >= 4 is 17.7 Å². The molecule has 2 rings (SSSR count). The summed E-state index contributed by atoms with van der Waals surface area (Å²) in [6, 6.07) is 0.381. The van der Waals surface area contributed by atoms with Crippen LogP contribution in [0.1, 0.15) is 33.1 Å². The van der Waals surface area contributed by atoms with Crippen molar-refractivity contribution in [3.8, 4) is 0 Å². The van der Waals surface area contributed by atoms with Gasteiger partial charge in [0.25, 0.3) is 0 Å². The fourth-order valence-corrected chi connectivity index (χ4v) is 3.06. The molecule has 0 aliphatic heterocycles. The van der Waals surface area contributed by atoms with Crippen molar-refractivity contribution in [1.82, 2.24) is 15.3 Å². The van der Waals surface area contributed by atoms with Gasteiger partial charge in [0, 0.05) is 23.7 Å². The Morgan fingerprint density at radius 2 is 2.50 bits per heavy atom. The molecule has 0 amide bonds. The van der Waals surface area contributed by atoms with Crippen LogP contribution in [0.5, 0.6) is 0 Å². The second kappa shape index (κ2) is 5.32. The number of nitrogens with one attached hydrogen (secondary N) is 2. The molecule has 0 radical (unpaired) electrons. The summed E-state index contributed by atoms with van der Waals surface area (Å²) in [5.41, 5.74) is -0.847. The van der Waals surface area contributed by atoms with Gasteiger partial charge in [0.1, 0.15) is 5.54 Å². The Bertz CT molecular complexity index is 405. The number of rotatable bonds is 7. The smallest absolute Gasteiger partial charge is 0.323 e. The number of imidazole rings is 1. The summed E-state index contributed by atoms with van der Waals surface area (Å²) < 4.78 is 0. The molecule has 1 aliphatic rings. The minimum atomic E-state index is -0.847. The van der Waals surface area contributed by atoms with E-state index in [2.05, 4.69) is 15.3 Å². The van der Waals surface area contributed by atoms with Crippen LogP contribution in [0, 0.1) is 0 Å². The number of carboxylic acids is 1. The number of H-pyrrole nitrogens is 1. The minimum Gasteiger partial charge on any atom is -0.480 e. The fourth-order valence-electron chi connectivity index (χ4n) is 2.01. The van der Waals surface area contributed by atoms with Crippen molar-refractivity contribution in [2.75, 3.05) is 0 Å². The second-order valence-electron chi connectivity index (χ2n) is 5.08. The van der Waals surface area contributed by atoms with Crippen molar-refractivity contribution in [3.05, 3.63) is 12.4 Å². The molecule has 5 nitrogen and oxygen atoms in total. The Kier molecular flexibility index (Phi) is 3.97. The van der Waals surface area contributed by atoms with Crippen molar-refractivity contribution in [2.45, 2.75) is 55.1 Å². The molecule has 3 N–H and O–H groups in total. The average Bonchev–Trinajstić information content (AvgIpc) is 2.92. The number of hydrogen-bond acceptors (Lipinski definition) is 4. The maximum Gasteiger partial charge on any atom is 0.323 e. The van der Waals surface area contributed by atoms with Crippen LogP contribution in [0.2, 0.25) is 0 Å². The number of aliphatic carboxylic acids is 1. The molecule has 1 saturated carbocycles. The van der Waals surface area contributed by atoms with E-state index in [1.165, 1.54) is 0 Å². The molecule has 1 aromatic rings. The SMILES string of the molecule is CC(CC(C)(NC1CC1)C(=O)O)Sc1ncc[nH]1. The van der Waals surface area contributed by atoms with Gasteiger partial charge in [-0.25, -0.2) is 4.98 Å². The van der Waals surface area contributed by atoms with Gasteiger partial charge in [-0.3, -0.25) is 10.1 Å². The molecule has 0 spiro atoms. The summed E-state index contributed by atoms with van der Waals surface area (Å²) in [4.78, 5) is 18.6. The Hall–Kier alpha value is -1.01. The van der Waals surface area contributed by atoms with Gasteiger partial charge in [-0.05, 0) is 26.2 Å². The van der Waals surface area contributed by atoms with E-state index in [1.54, 1.807) is 31.1 Å². The number of thioether (sulfide) groups is 1. The molecule has 2 atom stereocenters. The normalized spacial score (nSPS) is 20.3. The predicted octanol–water partition coefficient (Wildman–Crippen LogP) is 1.88. The molecule has 2 unspecified atom stereocenters. The first-order valence-corrected chi connectivity index (χ1v) is 7.05. The first-order chi connectivity index (χ1) is 8.49. The highest BCUT2D eigenvalue weighted by molar-refractivity contribution is 7.99. The van der Waals surface area contributed by atoms with E-state index in [0.717, 1.165) is 18.0 Å². The standard InChI is InChI=1S/C12H19N3O2S/c1-8(18-11-13-5-6-14-11)7-12(2,10(16)17)15-9-3-4-9/h5-6,8-9,15H,3-4,7H2,1-2H3,(H,13,14)(H,16,17). The number of aromatic nitrogens is 2. The van der Waals surface area contributed by atoms with E-state index in [0.29, 0.717) is 12.5 Å². The molecule has 1 heterocycles. The van der Waals surface area contributed by atoms with Crippen LogP contribution >= 0.6 is 11.8 Å². The van der Waals surface area contributed by atoms with Crippen LogP contribution in [-0.2, 0) is 4.79 Å². The van der Waals surface area contributed by atoms with Crippen molar-refractivity contribution in [3.63, 3.8) is 0 Å². The third-order valence-corrected chi connectivity index (χ3v) is 4.07. The number of hydrogen-bond donors (Lipinski definition) is 3. The molecule has 1 fully saturated rings. The zero-order chi connectivity index (χ0) is 13.2. The predicted molar refractivity (Wildman–Crippen MR) is 70.7 cm³/mol. The lowest BCUT2D eigenvalue weighted by molar-refractivity contribution is -0.144. The number of carbonyl (C=O) groups is 1. The number of nitrogens with zero attached hydrogens (tertiary/aromatic N) is 1. The molecule has 0 aromatic carbocycles. The monoisotopic (exact) mass is 269 g/mol. The van der Waals surface area contributed by atoms with E-state index in [1.807, 2.05) is 6.92 Å². The maximum absolute atomic E-state index is 11.4. The van der Waals surface area contributed by atoms with Crippen LogP contribution in [0.3, 0.4) is 0 Å². The molecular weight excluding hydrogens is 250 g/mol. The summed E-state index contributed by atoms with van der Waals surface area (Å²) in [5.74, 6) is -0.777. The summed E-state index contributed by atoms with van der Waals surface area (Å²) in [6.07, 6.45) is 6.22. The Morgan fingerprint density at radius 3 is 3.00 bits per heavy atom. The highest BCUT2D eigenvalue weighted by Gasteiger charge is 2.39. The summed E-state index contributed by atoms with van der Waals surface area (Å²) >= 11 is 1.57. The van der Waals surface area contributed by atoms with Gasteiger partial charge in [0.05, 0.1) is 0 Å². The number of aromatic amines is 1. The van der Waals surface area contributed by atoms with E-state index < -0.39 is 11.5 Å². The van der Waals surface area contributed by atoms with Crippen molar-refractivity contribution < 1.29 is 9.90 Å². The van der Waals surface area contributed by atoms with Crippen molar-refractivity contribution in [1.29, 1.82) is 0 Å². The fraction of sp³-hybridized carbons (Fsp3) is 0.667. The molecule has 100 valence electrons. The molecule has 0 bridgehead atoms. The molecule has 18 heavy (non-hydrogen) atoms. The van der Waals surface area contributed by atoms with Gasteiger partial charge in [0.2, 0.25) is 0 Å². The van der Waals surface area contributed by atoms with Gasteiger partial charge in [-0.1, -0.05) is 18.7 Å². The lowest BCUT2D eigenvalue weighted by Crippen LogP contribution is -2.51. The van der Waals surface area contributed by atoms with Crippen molar-refractivity contribution in [2.24, 2.45) is 0 Å². The Labute approximate surface area is 111 Å². The summed E-state index contributed by atoms with van der Waals surface area (Å²) in [6.45, 7) is 3.80. The third-order valence-electron chi connectivity index (χ3n) is 3.05. The van der Waals surface area contributed by atoms with Crippen LogP contribution < -0.4 is 5.32 Å². The minimum absolute atomic E-state index is 0.184. The highest BCUT2D eigenvalue weighted by Crippen LogP contribution is 2.29. The zero-order valence-electron chi connectivity index (χ0n) is 10.6. The van der Waals surface area contributed by atoms with Crippen LogP contribution in [0.25, 0.3) is 0 Å². The summed E-state index contributed by atoms with van der Waals surface area (Å²) in [5, 5.41) is 13.6. The lowest BCUT2D eigenvalue weighted by Gasteiger charge is -2.28. The lowest BCUT2D eigenvalue weighted by atomic mass is 9.96. The number of carboxylic acid groups (broad SMARTS) is 1. The molecule has 6 heteroatoms. The van der Waals surface area contributed by atoms with Crippen LogP contribution in [0.4, 0.5) is 0 Å². The largest absolute Gasteiger partial charge is 0.480 e. The molecule has 1 aliphatic carbocycles. The van der Waals surface area contributed by atoms with E-state index in [-0.39, 0.29) is 5.25 Å². The Balaban J connectivity index is 1.92. The first kappa shape index (κ1) is 13.4. The highest BCUT2D eigenvalue weighted by atomic mass is 32.2. The first-order valence-electron chi connectivity index (χ1n) is 6.17. The quantitative estimate of drug-likeness (QED) is 0.659. The Morgan fingerprint density at radius 1 is 1.78 bits per heavy atom. The van der Waals surface area contributed by atoms with Gasteiger partial charge in [-0.15, -0.1) is 0 Å². The maximum atomic E-state index is 11.4. The molecule has 0 saturated heterocycles. The zero-order valence-corrected chi connectivity index (χ0v) is 11.5. The van der Waals surface area contributed by atoms with Gasteiger partial charge >= 0.3 is 5.97 Å². The van der Waals surface area contributed by atoms with E-state index >= 15 is 0 Å². The summed E-state index contributed by atoms with van der Waals surface area (Å²) in [7, 11) is 0. The van der Waals surface area contributed by atoms with Gasteiger partial charge in [-0.2, -0.15) is 0 Å². The topological polar surface area (TPSA) is 78.0 Å². The van der Waals surface area contributed by atoms with Gasteiger partial charge < -0.3 is 10.1 Å². The van der Waals surface area contributed by atoms with Crippen LogP contribution in [-0.4, -0.2) is 37.9 Å². The molecular formula is C12H19N3O2S. The van der Waals surface area contributed by atoms with Crippen LogP contribution in [0.15, 0.2) is 17.6 Å². The van der Waals surface area contributed by atoms with E-state index in [4.69, 9.17) is 0 Å². The molecule has 1 aromatic heterocycles. The average molecular weight is 269 g/mol.